The standard InChI is InChI=1S/C20H23N5O/c1-25-11-15(10-21-25)14-4-5-18-17(9-14)19(24-23-18)20(26)22-16-7-12-2-3-13(6-12)8-16/h4-5,9-13,16H,2-3,6-8H2,1H3,(H,22,26)(H,23,24). The third-order valence-corrected chi connectivity index (χ3v) is 6.04. The van der Waals surface area contributed by atoms with Crippen LogP contribution in [-0.2, 0) is 7.05 Å². The number of hydrogen-bond donors (Lipinski definition) is 2. The fraction of sp³-hybridized carbons (Fsp3) is 0.450. The summed E-state index contributed by atoms with van der Waals surface area (Å²) in [4.78, 5) is 12.9. The first-order chi connectivity index (χ1) is 12.7. The van der Waals surface area contributed by atoms with E-state index in [4.69, 9.17) is 0 Å². The van der Waals surface area contributed by atoms with Crippen molar-refractivity contribution in [2.75, 3.05) is 0 Å². The van der Waals surface area contributed by atoms with Gasteiger partial charge in [-0.15, -0.1) is 0 Å². The SMILES string of the molecule is Cn1cc(-c2ccc3[nH]nc(C(=O)NC4CC5CCC(C5)C4)c3c2)cn1. The number of aromatic amines is 1. The summed E-state index contributed by atoms with van der Waals surface area (Å²) in [5, 5.41) is 15.6. The lowest BCUT2D eigenvalue weighted by Crippen LogP contribution is -2.39. The molecule has 2 saturated carbocycles. The number of carbonyl (C=O) groups is 1. The van der Waals surface area contributed by atoms with E-state index in [1.165, 1.54) is 19.3 Å². The molecule has 2 N–H and O–H groups in total. The molecule has 2 aliphatic carbocycles. The molecule has 134 valence electrons. The molecule has 2 fully saturated rings. The summed E-state index contributed by atoms with van der Waals surface area (Å²) in [6.07, 6.45) is 10.1. The largest absolute Gasteiger partial charge is 0.348 e. The third kappa shape index (κ3) is 2.69. The summed E-state index contributed by atoms with van der Waals surface area (Å²) < 4.78 is 1.78. The van der Waals surface area contributed by atoms with Gasteiger partial charge in [0.05, 0.1) is 11.7 Å². The van der Waals surface area contributed by atoms with E-state index in [1.54, 1.807) is 4.68 Å². The van der Waals surface area contributed by atoms with Crippen LogP contribution in [0.1, 0.15) is 42.6 Å². The summed E-state index contributed by atoms with van der Waals surface area (Å²) in [6.45, 7) is 0. The molecule has 0 aliphatic heterocycles. The van der Waals surface area contributed by atoms with E-state index in [-0.39, 0.29) is 5.91 Å². The van der Waals surface area contributed by atoms with Gasteiger partial charge >= 0.3 is 0 Å². The van der Waals surface area contributed by atoms with Gasteiger partial charge < -0.3 is 5.32 Å². The van der Waals surface area contributed by atoms with Gasteiger partial charge in [0.25, 0.3) is 5.91 Å². The molecule has 2 bridgehead atoms. The van der Waals surface area contributed by atoms with Crippen molar-refractivity contribution in [2.24, 2.45) is 18.9 Å². The molecule has 6 heteroatoms. The predicted octanol–water partition coefficient (Wildman–Crippen LogP) is 3.27. The molecule has 2 unspecified atom stereocenters. The van der Waals surface area contributed by atoms with Crippen LogP contribution in [0.5, 0.6) is 0 Å². The average molecular weight is 349 g/mol. The summed E-state index contributed by atoms with van der Waals surface area (Å²) >= 11 is 0. The first-order valence-corrected chi connectivity index (χ1v) is 9.43. The maximum Gasteiger partial charge on any atom is 0.272 e. The first-order valence-electron chi connectivity index (χ1n) is 9.43. The highest BCUT2D eigenvalue weighted by Gasteiger charge is 2.35. The van der Waals surface area contributed by atoms with Gasteiger partial charge in [0.15, 0.2) is 5.69 Å². The number of benzene rings is 1. The Bertz CT molecular complexity index is 960. The van der Waals surface area contributed by atoms with Crippen LogP contribution in [0.15, 0.2) is 30.6 Å². The van der Waals surface area contributed by atoms with Crippen LogP contribution in [0.3, 0.4) is 0 Å². The molecule has 0 radical (unpaired) electrons. The van der Waals surface area contributed by atoms with Gasteiger partial charge in [0, 0.05) is 30.2 Å². The highest BCUT2D eigenvalue weighted by atomic mass is 16.2. The smallest absolute Gasteiger partial charge is 0.272 e. The molecule has 0 saturated heterocycles. The van der Waals surface area contributed by atoms with Gasteiger partial charge in [-0.25, -0.2) is 0 Å². The van der Waals surface area contributed by atoms with Gasteiger partial charge in [0.1, 0.15) is 0 Å². The quantitative estimate of drug-likeness (QED) is 0.762. The van der Waals surface area contributed by atoms with E-state index in [9.17, 15) is 4.79 Å². The van der Waals surface area contributed by atoms with Gasteiger partial charge in [-0.05, 0) is 48.8 Å². The summed E-state index contributed by atoms with van der Waals surface area (Å²) in [5.41, 5.74) is 3.44. The highest BCUT2D eigenvalue weighted by Crippen LogP contribution is 2.42. The van der Waals surface area contributed by atoms with Crippen LogP contribution < -0.4 is 5.32 Å². The Balaban J connectivity index is 1.42. The van der Waals surface area contributed by atoms with Gasteiger partial charge in [-0.3, -0.25) is 14.6 Å². The molecule has 2 aromatic heterocycles. The number of amides is 1. The number of H-pyrrole nitrogens is 1. The Morgan fingerprint density at radius 1 is 1.19 bits per heavy atom. The van der Waals surface area contributed by atoms with E-state index in [0.717, 1.165) is 46.7 Å². The number of carbonyl (C=O) groups excluding carboxylic acids is 1. The molecular weight excluding hydrogens is 326 g/mol. The van der Waals surface area contributed by atoms with Crippen molar-refractivity contribution in [2.45, 2.75) is 38.1 Å². The first kappa shape index (κ1) is 15.6. The number of aryl methyl sites for hydroxylation is 1. The van der Waals surface area contributed by atoms with E-state index < -0.39 is 0 Å². The molecule has 5 rings (SSSR count). The molecule has 6 nitrogen and oxygen atoms in total. The molecule has 26 heavy (non-hydrogen) atoms. The number of rotatable bonds is 3. The highest BCUT2D eigenvalue weighted by molar-refractivity contribution is 6.05. The van der Waals surface area contributed by atoms with Gasteiger partial charge in [-0.1, -0.05) is 18.9 Å². The van der Waals surface area contributed by atoms with Gasteiger partial charge in [-0.2, -0.15) is 10.2 Å². The second-order valence-corrected chi connectivity index (χ2v) is 7.92. The Labute approximate surface area is 152 Å². The van der Waals surface area contributed by atoms with Crippen molar-refractivity contribution in [3.05, 3.63) is 36.3 Å². The lowest BCUT2D eigenvalue weighted by Gasteiger charge is -2.28. The zero-order valence-corrected chi connectivity index (χ0v) is 14.9. The lowest BCUT2D eigenvalue weighted by molar-refractivity contribution is 0.0914. The molecule has 1 amide bonds. The Morgan fingerprint density at radius 2 is 2.00 bits per heavy atom. The minimum atomic E-state index is -0.0640. The number of nitrogens with zero attached hydrogens (tertiary/aromatic N) is 3. The second kappa shape index (κ2) is 5.97. The van der Waals surface area contributed by atoms with E-state index in [2.05, 4.69) is 20.6 Å². The van der Waals surface area contributed by atoms with Crippen LogP contribution in [0.25, 0.3) is 22.0 Å². The van der Waals surface area contributed by atoms with Crippen molar-refractivity contribution in [3.63, 3.8) is 0 Å². The van der Waals surface area contributed by atoms with E-state index >= 15 is 0 Å². The molecular formula is C20H23N5O. The Morgan fingerprint density at radius 3 is 2.73 bits per heavy atom. The van der Waals surface area contributed by atoms with Crippen molar-refractivity contribution in [3.8, 4) is 11.1 Å². The molecule has 1 aromatic carbocycles. The molecule has 2 heterocycles. The van der Waals surface area contributed by atoms with Crippen molar-refractivity contribution >= 4 is 16.8 Å². The Hall–Kier alpha value is -2.63. The monoisotopic (exact) mass is 349 g/mol. The van der Waals surface area contributed by atoms with Crippen molar-refractivity contribution in [1.82, 2.24) is 25.3 Å². The van der Waals surface area contributed by atoms with Gasteiger partial charge in [0.2, 0.25) is 0 Å². The van der Waals surface area contributed by atoms with Crippen LogP contribution in [0, 0.1) is 11.8 Å². The third-order valence-electron chi connectivity index (χ3n) is 6.04. The average Bonchev–Trinajstić information content (AvgIpc) is 3.33. The zero-order chi connectivity index (χ0) is 17.7. The van der Waals surface area contributed by atoms with E-state index in [1.807, 2.05) is 37.6 Å². The van der Waals surface area contributed by atoms with Crippen LogP contribution in [0.2, 0.25) is 0 Å². The fourth-order valence-electron chi connectivity index (χ4n) is 4.82. The minimum Gasteiger partial charge on any atom is -0.348 e. The number of hydrogen-bond acceptors (Lipinski definition) is 3. The van der Waals surface area contributed by atoms with Crippen molar-refractivity contribution in [1.29, 1.82) is 0 Å². The van der Waals surface area contributed by atoms with Crippen LogP contribution >= 0.6 is 0 Å². The van der Waals surface area contributed by atoms with Crippen molar-refractivity contribution < 1.29 is 4.79 Å². The predicted molar refractivity (Wildman–Crippen MR) is 99.6 cm³/mol. The molecule has 2 aliphatic rings. The molecule has 3 aromatic rings. The summed E-state index contributed by atoms with van der Waals surface area (Å²) in [5.74, 6) is 1.53. The number of nitrogens with one attached hydrogen (secondary N) is 2. The number of fused-ring (bicyclic) bond motifs is 3. The summed E-state index contributed by atoms with van der Waals surface area (Å²) in [6, 6.07) is 6.32. The normalized spacial score (nSPS) is 24.9. The lowest BCUT2D eigenvalue weighted by atomic mass is 9.85. The molecule has 0 spiro atoms. The van der Waals surface area contributed by atoms with E-state index in [0.29, 0.717) is 11.7 Å². The maximum atomic E-state index is 12.9. The maximum absolute atomic E-state index is 12.9. The fourth-order valence-corrected chi connectivity index (χ4v) is 4.82. The summed E-state index contributed by atoms with van der Waals surface area (Å²) in [7, 11) is 1.90. The topological polar surface area (TPSA) is 75.6 Å². The number of aromatic nitrogens is 4. The second-order valence-electron chi connectivity index (χ2n) is 7.92. The van der Waals surface area contributed by atoms with Crippen LogP contribution in [-0.4, -0.2) is 31.9 Å². The zero-order valence-electron chi connectivity index (χ0n) is 14.9. The van der Waals surface area contributed by atoms with Crippen LogP contribution in [0.4, 0.5) is 0 Å². The minimum absolute atomic E-state index is 0.0640. The molecule has 2 atom stereocenters. The Kier molecular flexibility index (Phi) is 3.58.